The minimum Gasteiger partial charge on any atom is -0.396 e. The van der Waals surface area contributed by atoms with Crippen molar-refractivity contribution in [2.75, 3.05) is 18.1 Å². The number of fused-ring (bicyclic) bond motifs is 1. The van der Waals surface area contributed by atoms with Gasteiger partial charge >= 0.3 is 0 Å². The van der Waals surface area contributed by atoms with E-state index in [4.69, 9.17) is 4.98 Å². The van der Waals surface area contributed by atoms with Crippen molar-refractivity contribution < 1.29 is 5.11 Å². The van der Waals surface area contributed by atoms with Crippen LogP contribution in [0.3, 0.4) is 0 Å². The molecule has 5 heteroatoms. The van der Waals surface area contributed by atoms with Crippen LogP contribution in [-0.2, 0) is 0 Å². The van der Waals surface area contributed by atoms with Gasteiger partial charge in [0.2, 0.25) is 0 Å². The zero-order chi connectivity index (χ0) is 18.8. The molecule has 1 N–H and O–H groups in total. The summed E-state index contributed by atoms with van der Waals surface area (Å²) < 4.78 is 0. The molecular formula is C22H27N3OS. The molecule has 3 aromatic rings. The maximum atomic E-state index is 9.50. The number of thiophene rings is 1. The van der Waals surface area contributed by atoms with E-state index in [1.807, 2.05) is 0 Å². The smallest absolute Gasteiger partial charge is 0.141 e. The van der Waals surface area contributed by atoms with Crippen molar-refractivity contribution in [3.63, 3.8) is 0 Å². The van der Waals surface area contributed by atoms with Gasteiger partial charge in [0, 0.05) is 30.1 Å². The van der Waals surface area contributed by atoms with E-state index in [0.29, 0.717) is 12.0 Å². The Morgan fingerprint density at radius 2 is 2.00 bits per heavy atom. The molecule has 0 spiro atoms. The fraction of sp³-hybridized carbons (Fsp3) is 0.455. The first kappa shape index (κ1) is 18.4. The first-order valence-electron chi connectivity index (χ1n) is 9.89. The predicted molar refractivity (Wildman–Crippen MR) is 114 cm³/mol. The lowest BCUT2D eigenvalue weighted by atomic mass is 9.97. The average molecular weight is 382 g/mol. The van der Waals surface area contributed by atoms with Gasteiger partial charge in [-0.25, -0.2) is 9.97 Å². The Hall–Kier alpha value is -1.98. The molecule has 4 rings (SSSR count). The molecule has 142 valence electrons. The predicted octanol–water partition coefficient (Wildman–Crippen LogP) is 5.22. The second-order valence-electron chi connectivity index (χ2n) is 7.66. The Balaban J connectivity index is 1.79. The van der Waals surface area contributed by atoms with E-state index >= 15 is 0 Å². The highest BCUT2D eigenvalue weighted by Gasteiger charge is 2.26. The number of anilines is 1. The number of hydrogen-bond acceptors (Lipinski definition) is 5. The van der Waals surface area contributed by atoms with E-state index in [9.17, 15) is 5.11 Å². The van der Waals surface area contributed by atoms with Gasteiger partial charge in [-0.15, -0.1) is 11.3 Å². The van der Waals surface area contributed by atoms with Gasteiger partial charge in [0.25, 0.3) is 0 Å². The molecule has 1 aromatic carbocycles. The molecule has 0 bridgehead atoms. The number of aliphatic hydroxyl groups is 1. The summed E-state index contributed by atoms with van der Waals surface area (Å²) in [4.78, 5) is 12.7. The third-order valence-electron chi connectivity index (χ3n) is 5.60. The third-order valence-corrected chi connectivity index (χ3v) is 6.49. The molecule has 27 heavy (non-hydrogen) atoms. The third kappa shape index (κ3) is 3.58. The van der Waals surface area contributed by atoms with Crippen molar-refractivity contribution in [2.24, 2.45) is 0 Å². The average Bonchev–Trinajstić information content (AvgIpc) is 3.13. The maximum Gasteiger partial charge on any atom is 0.141 e. The Morgan fingerprint density at radius 3 is 2.74 bits per heavy atom. The summed E-state index contributed by atoms with van der Waals surface area (Å²) >= 11 is 1.68. The number of rotatable bonds is 5. The molecule has 0 radical (unpaired) electrons. The van der Waals surface area contributed by atoms with E-state index in [1.54, 1.807) is 17.7 Å². The Bertz CT molecular complexity index is 902. The minimum atomic E-state index is 0.225. The van der Waals surface area contributed by atoms with Crippen LogP contribution in [0.5, 0.6) is 0 Å². The normalized spacial score (nSPS) is 17.8. The van der Waals surface area contributed by atoms with Crippen LogP contribution in [0.25, 0.3) is 21.3 Å². The topological polar surface area (TPSA) is 49.2 Å². The summed E-state index contributed by atoms with van der Waals surface area (Å²) in [6, 6.07) is 9.24. The van der Waals surface area contributed by atoms with Gasteiger partial charge in [-0.3, -0.25) is 0 Å². The van der Waals surface area contributed by atoms with Crippen LogP contribution in [0.2, 0.25) is 0 Å². The van der Waals surface area contributed by atoms with Gasteiger partial charge in [-0.2, -0.15) is 0 Å². The maximum absolute atomic E-state index is 9.50. The Kier molecular flexibility index (Phi) is 5.41. The fourth-order valence-electron chi connectivity index (χ4n) is 4.07. The van der Waals surface area contributed by atoms with Crippen LogP contribution < -0.4 is 4.90 Å². The lowest BCUT2D eigenvalue weighted by molar-refractivity contribution is 0.262. The standard InChI is InChI=1S/C22H27N3OS/c1-15(2)16-6-8-17(9-7-16)19-13-27-22-20(19)21(23-14-24-22)25-11-4-3-5-18(25)10-12-26/h6-9,13-15,18,26H,3-5,10-12H2,1-2H3. The van der Waals surface area contributed by atoms with Crippen molar-refractivity contribution in [1.29, 1.82) is 0 Å². The van der Waals surface area contributed by atoms with Gasteiger partial charge in [0.1, 0.15) is 17.0 Å². The van der Waals surface area contributed by atoms with Crippen LogP contribution in [-0.4, -0.2) is 34.3 Å². The number of aromatic nitrogens is 2. The van der Waals surface area contributed by atoms with Crippen molar-refractivity contribution >= 4 is 27.4 Å². The van der Waals surface area contributed by atoms with Crippen molar-refractivity contribution in [3.05, 3.63) is 41.5 Å². The minimum absolute atomic E-state index is 0.225. The molecule has 1 saturated heterocycles. The summed E-state index contributed by atoms with van der Waals surface area (Å²) in [5, 5.41) is 12.9. The second kappa shape index (κ2) is 7.95. The van der Waals surface area contributed by atoms with Crippen molar-refractivity contribution in [3.8, 4) is 11.1 Å². The van der Waals surface area contributed by atoms with Crippen LogP contribution in [0.1, 0.15) is 51.0 Å². The summed E-state index contributed by atoms with van der Waals surface area (Å²) in [5.74, 6) is 1.56. The van der Waals surface area contributed by atoms with Crippen molar-refractivity contribution in [1.82, 2.24) is 9.97 Å². The van der Waals surface area contributed by atoms with Gasteiger partial charge < -0.3 is 10.0 Å². The SMILES string of the molecule is CC(C)c1ccc(-c2csc3ncnc(N4CCCCC4CCO)c23)cc1. The van der Waals surface area contributed by atoms with E-state index in [1.165, 1.54) is 29.5 Å². The molecule has 0 aliphatic carbocycles. The summed E-state index contributed by atoms with van der Waals surface area (Å²) in [5.41, 5.74) is 3.79. The van der Waals surface area contributed by atoms with Crippen molar-refractivity contribution in [2.45, 2.75) is 51.5 Å². The zero-order valence-corrected chi connectivity index (χ0v) is 16.9. The Labute approximate surface area is 164 Å². The number of piperidine rings is 1. The molecule has 0 amide bonds. The fourth-order valence-corrected chi connectivity index (χ4v) is 4.98. The molecular weight excluding hydrogens is 354 g/mol. The highest BCUT2D eigenvalue weighted by atomic mass is 32.1. The molecule has 3 heterocycles. The second-order valence-corrected chi connectivity index (χ2v) is 8.52. The molecule has 1 aliphatic heterocycles. The summed E-state index contributed by atoms with van der Waals surface area (Å²) in [6.07, 6.45) is 6.01. The van der Waals surface area contributed by atoms with Crippen LogP contribution in [0.15, 0.2) is 36.0 Å². The highest BCUT2D eigenvalue weighted by molar-refractivity contribution is 7.17. The van der Waals surface area contributed by atoms with Crippen LogP contribution >= 0.6 is 11.3 Å². The largest absolute Gasteiger partial charge is 0.396 e. The number of hydrogen-bond donors (Lipinski definition) is 1. The van der Waals surface area contributed by atoms with Crippen LogP contribution in [0, 0.1) is 0 Å². The monoisotopic (exact) mass is 381 g/mol. The van der Waals surface area contributed by atoms with Gasteiger partial charge in [-0.1, -0.05) is 38.1 Å². The molecule has 2 aromatic heterocycles. The first-order chi connectivity index (χ1) is 13.2. The number of benzene rings is 1. The van der Waals surface area contributed by atoms with Gasteiger partial charge in [0.05, 0.1) is 5.39 Å². The zero-order valence-electron chi connectivity index (χ0n) is 16.1. The Morgan fingerprint density at radius 1 is 1.19 bits per heavy atom. The van der Waals surface area contributed by atoms with Gasteiger partial charge in [0.15, 0.2) is 0 Å². The quantitative estimate of drug-likeness (QED) is 0.658. The van der Waals surface area contributed by atoms with Crippen LogP contribution in [0.4, 0.5) is 5.82 Å². The van der Waals surface area contributed by atoms with E-state index in [0.717, 1.165) is 35.4 Å². The number of aliphatic hydroxyl groups excluding tert-OH is 1. The number of nitrogens with zero attached hydrogens (tertiary/aromatic N) is 3. The van der Waals surface area contributed by atoms with E-state index in [2.05, 4.69) is 53.4 Å². The first-order valence-corrected chi connectivity index (χ1v) is 10.8. The molecule has 1 aliphatic rings. The molecule has 4 nitrogen and oxygen atoms in total. The molecule has 0 saturated carbocycles. The van der Waals surface area contributed by atoms with E-state index < -0.39 is 0 Å². The highest BCUT2D eigenvalue weighted by Crippen LogP contribution is 2.40. The lowest BCUT2D eigenvalue weighted by Gasteiger charge is -2.37. The van der Waals surface area contributed by atoms with Gasteiger partial charge in [-0.05, 0) is 42.7 Å². The molecule has 1 atom stereocenters. The summed E-state index contributed by atoms with van der Waals surface area (Å²) in [7, 11) is 0. The molecule has 1 unspecified atom stereocenters. The lowest BCUT2D eigenvalue weighted by Crippen LogP contribution is -2.40. The molecule has 1 fully saturated rings. The van der Waals surface area contributed by atoms with E-state index in [-0.39, 0.29) is 6.61 Å². The summed E-state index contributed by atoms with van der Waals surface area (Å²) in [6.45, 7) is 5.66.